The lowest BCUT2D eigenvalue weighted by Crippen LogP contribution is -2.22. The molecule has 0 radical (unpaired) electrons. The van der Waals surface area contributed by atoms with Crippen molar-refractivity contribution in [1.29, 1.82) is 0 Å². The van der Waals surface area contributed by atoms with Crippen LogP contribution in [0.4, 0.5) is 5.82 Å². The van der Waals surface area contributed by atoms with Gasteiger partial charge >= 0.3 is 0 Å². The molecular weight excluding hydrogens is 344 g/mol. The maximum atomic E-state index is 5.30. The van der Waals surface area contributed by atoms with E-state index in [1.807, 2.05) is 29.7 Å². The number of thiophene rings is 1. The Kier molecular flexibility index (Phi) is 4.87. The third-order valence-corrected chi connectivity index (χ3v) is 6.02. The Morgan fingerprint density at radius 3 is 3.04 bits per heavy atom. The highest BCUT2D eigenvalue weighted by Crippen LogP contribution is 2.41. The van der Waals surface area contributed by atoms with Gasteiger partial charge in [-0.3, -0.25) is 4.98 Å². The fourth-order valence-corrected chi connectivity index (χ4v) is 4.98. The van der Waals surface area contributed by atoms with Gasteiger partial charge < -0.3 is 10.1 Å². The second-order valence-corrected chi connectivity index (χ2v) is 8.25. The topological polar surface area (TPSA) is 59.9 Å². The molecule has 0 aliphatic heterocycles. The van der Waals surface area contributed by atoms with Gasteiger partial charge in [0.25, 0.3) is 0 Å². The first-order valence-corrected chi connectivity index (χ1v) is 9.95. The molecule has 1 aliphatic carbocycles. The highest BCUT2D eigenvalue weighted by Gasteiger charge is 2.24. The number of nitrogens with zero attached hydrogens (tertiary/aromatic N) is 3. The lowest BCUT2D eigenvalue weighted by atomic mass is 9.89. The van der Waals surface area contributed by atoms with Crippen molar-refractivity contribution in [2.24, 2.45) is 5.92 Å². The Morgan fingerprint density at radius 2 is 2.27 bits per heavy atom. The number of nitrogens with one attached hydrogen (secondary N) is 1. The van der Waals surface area contributed by atoms with Crippen LogP contribution in [0.5, 0.6) is 0 Å². The molecular formula is C20H24N4OS. The zero-order chi connectivity index (χ0) is 18.1. The van der Waals surface area contributed by atoms with Crippen LogP contribution in [0, 0.1) is 5.92 Å². The standard InChI is InChI=1S/C20H24N4OS/c1-12-6-7-15-16(9-12)26-20-17(15)19(22-13(2)11-25-3)23-18(24-20)14-5-4-8-21-10-14/h4-5,8,10,12-13H,6-7,9,11H2,1-3H3,(H,22,23,24)/t12-,13-/m1/s1. The number of ether oxygens (including phenoxy) is 1. The number of pyridine rings is 1. The average molecular weight is 369 g/mol. The largest absolute Gasteiger partial charge is 0.383 e. The van der Waals surface area contributed by atoms with Crippen LogP contribution >= 0.6 is 11.3 Å². The van der Waals surface area contributed by atoms with Gasteiger partial charge in [-0.2, -0.15) is 0 Å². The van der Waals surface area contributed by atoms with E-state index in [4.69, 9.17) is 14.7 Å². The summed E-state index contributed by atoms with van der Waals surface area (Å²) < 4.78 is 5.30. The van der Waals surface area contributed by atoms with E-state index in [1.54, 1.807) is 13.3 Å². The van der Waals surface area contributed by atoms with Crippen LogP contribution in [-0.4, -0.2) is 34.7 Å². The third-order valence-electron chi connectivity index (χ3n) is 4.87. The smallest absolute Gasteiger partial charge is 0.164 e. The summed E-state index contributed by atoms with van der Waals surface area (Å²) in [6, 6.07) is 4.11. The number of fused-ring (bicyclic) bond motifs is 3. The van der Waals surface area contributed by atoms with E-state index in [1.165, 1.54) is 22.2 Å². The molecule has 0 saturated carbocycles. The van der Waals surface area contributed by atoms with Gasteiger partial charge in [-0.25, -0.2) is 9.97 Å². The van der Waals surface area contributed by atoms with Crippen LogP contribution in [0.3, 0.4) is 0 Å². The van der Waals surface area contributed by atoms with Crippen molar-refractivity contribution in [2.45, 2.75) is 39.2 Å². The summed E-state index contributed by atoms with van der Waals surface area (Å²) in [5.41, 5.74) is 2.38. The van der Waals surface area contributed by atoms with Gasteiger partial charge in [0.15, 0.2) is 5.82 Å². The van der Waals surface area contributed by atoms with Gasteiger partial charge in [-0.1, -0.05) is 6.92 Å². The molecule has 6 heteroatoms. The monoisotopic (exact) mass is 368 g/mol. The molecule has 0 aromatic carbocycles. The maximum Gasteiger partial charge on any atom is 0.164 e. The molecule has 1 N–H and O–H groups in total. The van der Waals surface area contributed by atoms with Crippen molar-refractivity contribution in [3.05, 3.63) is 35.0 Å². The molecule has 3 heterocycles. The van der Waals surface area contributed by atoms with E-state index in [0.29, 0.717) is 6.61 Å². The molecule has 0 saturated heterocycles. The fourth-order valence-electron chi connectivity index (χ4n) is 3.60. The van der Waals surface area contributed by atoms with Gasteiger partial charge in [0, 0.05) is 36.0 Å². The van der Waals surface area contributed by atoms with Crippen molar-refractivity contribution in [3.63, 3.8) is 0 Å². The molecule has 3 aromatic rings. The predicted molar refractivity (Wildman–Crippen MR) is 107 cm³/mol. The zero-order valence-electron chi connectivity index (χ0n) is 15.5. The molecule has 5 nitrogen and oxygen atoms in total. The minimum atomic E-state index is 0.179. The number of anilines is 1. The summed E-state index contributed by atoms with van der Waals surface area (Å²) in [5, 5.41) is 4.75. The summed E-state index contributed by atoms with van der Waals surface area (Å²) >= 11 is 1.82. The molecule has 3 aromatic heterocycles. The lowest BCUT2D eigenvalue weighted by Gasteiger charge is -2.19. The number of rotatable bonds is 5. The molecule has 0 fully saturated rings. The van der Waals surface area contributed by atoms with E-state index in [2.05, 4.69) is 24.1 Å². The van der Waals surface area contributed by atoms with Crippen LogP contribution in [0.2, 0.25) is 0 Å². The predicted octanol–water partition coefficient (Wildman–Crippen LogP) is 4.32. The number of aromatic nitrogens is 3. The van der Waals surface area contributed by atoms with E-state index < -0.39 is 0 Å². The molecule has 0 spiro atoms. The van der Waals surface area contributed by atoms with Crippen molar-refractivity contribution >= 4 is 27.4 Å². The molecule has 136 valence electrons. The van der Waals surface area contributed by atoms with E-state index >= 15 is 0 Å². The Bertz CT molecular complexity index is 909. The van der Waals surface area contributed by atoms with Crippen molar-refractivity contribution in [1.82, 2.24) is 15.0 Å². The van der Waals surface area contributed by atoms with Crippen LogP contribution in [0.25, 0.3) is 21.6 Å². The molecule has 0 unspecified atom stereocenters. The van der Waals surface area contributed by atoms with E-state index in [0.717, 1.165) is 40.8 Å². The molecule has 0 bridgehead atoms. The zero-order valence-corrected chi connectivity index (χ0v) is 16.3. The van der Waals surface area contributed by atoms with Crippen molar-refractivity contribution in [2.75, 3.05) is 19.0 Å². The first-order valence-electron chi connectivity index (χ1n) is 9.14. The minimum absolute atomic E-state index is 0.179. The van der Waals surface area contributed by atoms with E-state index in [9.17, 15) is 0 Å². The lowest BCUT2D eigenvalue weighted by molar-refractivity contribution is 0.190. The second-order valence-electron chi connectivity index (χ2n) is 7.17. The van der Waals surface area contributed by atoms with Crippen molar-refractivity contribution < 1.29 is 4.74 Å². The van der Waals surface area contributed by atoms with Crippen LogP contribution in [0.15, 0.2) is 24.5 Å². The highest BCUT2D eigenvalue weighted by molar-refractivity contribution is 7.19. The van der Waals surface area contributed by atoms with Gasteiger partial charge in [-0.15, -0.1) is 11.3 Å². The first kappa shape index (κ1) is 17.4. The van der Waals surface area contributed by atoms with Crippen LogP contribution in [0.1, 0.15) is 30.7 Å². The molecule has 1 aliphatic rings. The maximum absolute atomic E-state index is 5.30. The van der Waals surface area contributed by atoms with Gasteiger partial charge in [0.2, 0.25) is 0 Å². The Hall–Kier alpha value is -2.05. The molecule has 2 atom stereocenters. The number of hydrogen-bond donors (Lipinski definition) is 1. The number of methoxy groups -OCH3 is 1. The average Bonchev–Trinajstić information content (AvgIpc) is 3.00. The summed E-state index contributed by atoms with van der Waals surface area (Å²) in [5.74, 6) is 2.39. The van der Waals surface area contributed by atoms with E-state index in [-0.39, 0.29) is 6.04 Å². The first-order chi connectivity index (χ1) is 12.7. The van der Waals surface area contributed by atoms with Gasteiger partial charge in [-0.05, 0) is 49.8 Å². The summed E-state index contributed by atoms with van der Waals surface area (Å²) in [6.45, 7) is 5.08. The second kappa shape index (κ2) is 7.29. The SMILES string of the molecule is COC[C@@H](C)Nc1nc(-c2cccnc2)nc2sc3c(c12)CC[C@@H](C)C3. The fraction of sp³-hybridized carbons (Fsp3) is 0.450. The highest BCUT2D eigenvalue weighted by atomic mass is 32.1. The molecule has 26 heavy (non-hydrogen) atoms. The summed E-state index contributed by atoms with van der Waals surface area (Å²) in [6.07, 6.45) is 7.08. The third kappa shape index (κ3) is 3.31. The normalized spacial score (nSPS) is 17.9. The summed E-state index contributed by atoms with van der Waals surface area (Å²) in [4.78, 5) is 16.5. The Labute approximate surface area is 157 Å². The van der Waals surface area contributed by atoms with Crippen molar-refractivity contribution in [3.8, 4) is 11.4 Å². The van der Waals surface area contributed by atoms with Gasteiger partial charge in [0.1, 0.15) is 10.6 Å². The summed E-state index contributed by atoms with van der Waals surface area (Å²) in [7, 11) is 1.72. The van der Waals surface area contributed by atoms with Gasteiger partial charge in [0.05, 0.1) is 12.0 Å². The Morgan fingerprint density at radius 1 is 1.38 bits per heavy atom. The number of aryl methyl sites for hydroxylation is 1. The quantitative estimate of drug-likeness (QED) is 0.726. The minimum Gasteiger partial charge on any atom is -0.383 e. The van der Waals surface area contributed by atoms with Crippen LogP contribution in [-0.2, 0) is 17.6 Å². The number of hydrogen-bond acceptors (Lipinski definition) is 6. The van der Waals surface area contributed by atoms with Crippen LogP contribution < -0.4 is 5.32 Å². The molecule has 4 rings (SSSR count). The Balaban J connectivity index is 1.86. The molecule has 0 amide bonds.